The molecule has 0 aliphatic heterocycles. The summed E-state index contributed by atoms with van der Waals surface area (Å²) in [5.74, 6) is 0. The highest BCUT2D eigenvalue weighted by molar-refractivity contribution is 9.09. The molecular weight excluding hydrogens is 328 g/mol. The Morgan fingerprint density at radius 2 is 2.30 bits per heavy atom. The van der Waals surface area contributed by atoms with Crippen LogP contribution in [0.1, 0.15) is 24.2 Å². The Morgan fingerprint density at radius 3 is 2.90 bits per heavy atom. The van der Waals surface area contributed by atoms with Crippen LogP contribution in [-0.4, -0.2) is 21.7 Å². The van der Waals surface area contributed by atoms with E-state index in [1.165, 1.54) is 0 Å². The van der Waals surface area contributed by atoms with Gasteiger partial charge in [0.25, 0.3) is 12.2 Å². The lowest BCUT2D eigenvalue weighted by Gasteiger charge is -2.08. The van der Waals surface area contributed by atoms with Crippen LogP contribution in [0.4, 0.5) is 5.69 Å². The van der Waals surface area contributed by atoms with E-state index in [4.69, 9.17) is 4.74 Å². The highest BCUT2D eigenvalue weighted by Crippen LogP contribution is 2.33. The van der Waals surface area contributed by atoms with E-state index in [1.54, 1.807) is 19.2 Å². The summed E-state index contributed by atoms with van der Waals surface area (Å²) in [7, 11) is 0. The van der Waals surface area contributed by atoms with Crippen molar-refractivity contribution in [2.75, 3.05) is 5.33 Å². The molecule has 0 aliphatic carbocycles. The Hall–Kier alpha value is -1.89. The first-order chi connectivity index (χ1) is 9.58. The van der Waals surface area contributed by atoms with Crippen molar-refractivity contribution in [3.05, 3.63) is 39.6 Å². The van der Waals surface area contributed by atoms with Gasteiger partial charge in [0.15, 0.2) is 0 Å². The topological polar surface area (TPSA) is 85.2 Å². The molecule has 1 atom stereocenters. The van der Waals surface area contributed by atoms with Gasteiger partial charge in [-0.15, -0.1) is 0 Å². The Kier molecular flexibility index (Phi) is 4.39. The van der Waals surface area contributed by atoms with Gasteiger partial charge in [-0.2, -0.15) is 0 Å². The highest BCUT2D eigenvalue weighted by Gasteiger charge is 2.20. The van der Waals surface area contributed by atoms with E-state index in [0.717, 1.165) is 16.5 Å². The van der Waals surface area contributed by atoms with Crippen LogP contribution < -0.4 is 0 Å². The second-order valence-corrected chi connectivity index (χ2v) is 5.15. The van der Waals surface area contributed by atoms with Gasteiger partial charge in [-0.05, 0) is 25.0 Å². The summed E-state index contributed by atoms with van der Waals surface area (Å²) in [4.78, 5) is 24.1. The molecule has 0 saturated heterocycles. The number of fused-ring (bicyclic) bond motifs is 1. The summed E-state index contributed by atoms with van der Waals surface area (Å²) in [6.45, 7) is 2.10. The van der Waals surface area contributed by atoms with Crippen molar-refractivity contribution in [3.8, 4) is 0 Å². The first-order valence-corrected chi connectivity index (χ1v) is 7.14. The lowest BCUT2D eigenvalue weighted by molar-refractivity contribution is -0.383. The number of carbonyl (C=O) groups is 1. The molecule has 1 N–H and O–H groups in total. The number of aromatic amines is 1. The molecule has 6 nitrogen and oxygen atoms in total. The Balaban J connectivity index is 2.63. The number of hydrogen-bond acceptors (Lipinski definition) is 4. The first-order valence-electron chi connectivity index (χ1n) is 6.01. The number of ether oxygens (including phenoxy) is 1. The fraction of sp³-hybridized carbons (Fsp3) is 0.308. The molecule has 1 aromatic heterocycles. The van der Waals surface area contributed by atoms with E-state index >= 15 is 0 Å². The van der Waals surface area contributed by atoms with Crippen molar-refractivity contribution in [1.29, 1.82) is 0 Å². The number of nitro benzene ring substituents is 1. The summed E-state index contributed by atoms with van der Waals surface area (Å²) in [5.41, 5.74) is 2.07. The van der Waals surface area contributed by atoms with Crippen LogP contribution in [0.3, 0.4) is 0 Å². The van der Waals surface area contributed by atoms with Gasteiger partial charge < -0.3 is 9.72 Å². The van der Waals surface area contributed by atoms with E-state index in [0.29, 0.717) is 23.8 Å². The number of nitro groups is 1. The van der Waals surface area contributed by atoms with Crippen LogP contribution in [0.2, 0.25) is 0 Å². The standard InChI is InChI=1S/C13H13BrN2O4/c1-8(20-7-17)11-6-15-13-10(11)4-9(2-3-14)5-12(13)16(18)19/h4-8,15H,2-3H2,1H3. The summed E-state index contributed by atoms with van der Waals surface area (Å²) >= 11 is 3.33. The molecule has 1 unspecified atom stereocenters. The molecule has 1 heterocycles. The SMILES string of the molecule is CC(OC=O)c1c[nH]c2c([N+](=O)[O-])cc(CCBr)cc12. The molecule has 0 saturated carbocycles. The molecule has 20 heavy (non-hydrogen) atoms. The summed E-state index contributed by atoms with van der Waals surface area (Å²) in [6, 6.07) is 3.45. The number of rotatable bonds is 6. The second kappa shape index (κ2) is 6.04. The van der Waals surface area contributed by atoms with Crippen molar-refractivity contribution in [1.82, 2.24) is 4.98 Å². The van der Waals surface area contributed by atoms with Crippen LogP contribution in [0, 0.1) is 10.1 Å². The zero-order valence-electron chi connectivity index (χ0n) is 10.8. The van der Waals surface area contributed by atoms with Crippen LogP contribution in [0.5, 0.6) is 0 Å². The number of nitrogens with one attached hydrogen (secondary N) is 1. The number of H-pyrrole nitrogens is 1. The zero-order valence-corrected chi connectivity index (χ0v) is 12.3. The third-order valence-corrected chi connectivity index (χ3v) is 3.53. The summed E-state index contributed by atoms with van der Waals surface area (Å²) in [6.07, 6.45) is 1.87. The molecule has 0 aliphatic rings. The molecule has 1 aromatic carbocycles. The van der Waals surface area contributed by atoms with Crippen molar-refractivity contribution in [2.45, 2.75) is 19.4 Å². The average molecular weight is 341 g/mol. The number of benzene rings is 1. The van der Waals surface area contributed by atoms with Gasteiger partial charge >= 0.3 is 0 Å². The maximum atomic E-state index is 11.2. The second-order valence-electron chi connectivity index (χ2n) is 4.35. The van der Waals surface area contributed by atoms with Crippen molar-refractivity contribution in [3.63, 3.8) is 0 Å². The Bertz CT molecular complexity index is 653. The smallest absolute Gasteiger partial charge is 0.293 e. The number of non-ortho nitro benzene ring substituents is 1. The number of nitrogens with zero attached hydrogens (tertiary/aromatic N) is 1. The molecule has 2 rings (SSSR count). The minimum absolute atomic E-state index is 0.0306. The summed E-state index contributed by atoms with van der Waals surface area (Å²) in [5, 5.41) is 12.6. The van der Waals surface area contributed by atoms with Gasteiger partial charge in [-0.25, -0.2) is 0 Å². The van der Waals surface area contributed by atoms with E-state index < -0.39 is 11.0 Å². The molecule has 0 fully saturated rings. The summed E-state index contributed by atoms with van der Waals surface area (Å²) < 4.78 is 4.91. The normalized spacial score (nSPS) is 12.3. The molecule has 7 heteroatoms. The molecular formula is C13H13BrN2O4. The maximum absolute atomic E-state index is 11.2. The maximum Gasteiger partial charge on any atom is 0.293 e. The molecule has 0 radical (unpaired) electrons. The van der Waals surface area contributed by atoms with Gasteiger partial charge in [0.2, 0.25) is 0 Å². The fourth-order valence-electron chi connectivity index (χ4n) is 2.18. The largest absolute Gasteiger partial charge is 0.460 e. The van der Waals surface area contributed by atoms with Crippen molar-refractivity contribution < 1.29 is 14.5 Å². The van der Waals surface area contributed by atoms with E-state index in [-0.39, 0.29) is 5.69 Å². The average Bonchev–Trinajstić information content (AvgIpc) is 2.82. The molecule has 0 spiro atoms. The van der Waals surface area contributed by atoms with Gasteiger partial charge in [0, 0.05) is 28.5 Å². The van der Waals surface area contributed by atoms with Gasteiger partial charge in [0.05, 0.1) is 4.92 Å². The predicted octanol–water partition coefficient (Wildman–Crippen LogP) is 3.25. The van der Waals surface area contributed by atoms with Gasteiger partial charge in [-0.3, -0.25) is 14.9 Å². The van der Waals surface area contributed by atoms with E-state index in [1.807, 2.05) is 6.07 Å². The van der Waals surface area contributed by atoms with Crippen molar-refractivity contribution in [2.24, 2.45) is 0 Å². The number of alkyl halides is 1. The van der Waals surface area contributed by atoms with Crippen LogP contribution >= 0.6 is 15.9 Å². The van der Waals surface area contributed by atoms with Crippen LogP contribution in [0.25, 0.3) is 10.9 Å². The Morgan fingerprint density at radius 1 is 1.55 bits per heavy atom. The number of aromatic nitrogens is 1. The lowest BCUT2D eigenvalue weighted by atomic mass is 10.0. The molecule has 0 bridgehead atoms. The Labute approximate surface area is 123 Å². The zero-order chi connectivity index (χ0) is 14.7. The number of carbonyl (C=O) groups excluding carboxylic acids is 1. The van der Waals surface area contributed by atoms with Crippen molar-refractivity contribution >= 4 is 39.0 Å². The third kappa shape index (κ3) is 2.67. The minimum atomic E-state index is -0.458. The highest BCUT2D eigenvalue weighted by atomic mass is 79.9. The van der Waals surface area contributed by atoms with E-state index in [2.05, 4.69) is 20.9 Å². The monoisotopic (exact) mass is 340 g/mol. The molecule has 2 aromatic rings. The minimum Gasteiger partial charge on any atom is -0.460 e. The van der Waals surface area contributed by atoms with Crippen LogP contribution in [-0.2, 0) is 16.0 Å². The van der Waals surface area contributed by atoms with Gasteiger partial charge in [0.1, 0.15) is 11.6 Å². The quantitative estimate of drug-likeness (QED) is 0.378. The number of aryl methyl sites for hydroxylation is 1. The number of hydrogen-bond donors (Lipinski definition) is 1. The molecule has 0 amide bonds. The van der Waals surface area contributed by atoms with Crippen LogP contribution in [0.15, 0.2) is 18.3 Å². The fourth-order valence-corrected chi connectivity index (χ4v) is 2.64. The molecule has 106 valence electrons. The lowest BCUT2D eigenvalue weighted by Crippen LogP contribution is -1.98. The first kappa shape index (κ1) is 14.5. The van der Waals surface area contributed by atoms with Gasteiger partial charge in [-0.1, -0.05) is 15.9 Å². The third-order valence-electron chi connectivity index (χ3n) is 3.14. The predicted molar refractivity (Wildman–Crippen MR) is 78.0 cm³/mol. The van der Waals surface area contributed by atoms with E-state index in [9.17, 15) is 14.9 Å². The number of halogens is 1.